The second kappa shape index (κ2) is 6.11. The largest absolute Gasteiger partial charge is 0.333 e. The maximum atomic E-state index is 13.0. The summed E-state index contributed by atoms with van der Waals surface area (Å²) >= 11 is 0. The minimum atomic E-state index is -0.395. The number of nitrogens with one attached hydrogen (secondary N) is 1. The van der Waals surface area contributed by atoms with Gasteiger partial charge in [-0.3, -0.25) is 4.79 Å². The topological polar surface area (TPSA) is 54.9 Å². The average molecular weight is 322 g/mol. The number of nitrogens with zero attached hydrogens (tertiary/aromatic N) is 1. The van der Waals surface area contributed by atoms with Crippen molar-refractivity contribution in [2.75, 3.05) is 0 Å². The van der Waals surface area contributed by atoms with Gasteiger partial charge in [-0.1, -0.05) is 58.0 Å². The summed E-state index contributed by atoms with van der Waals surface area (Å²) in [5, 5.41) is 0.519. The lowest BCUT2D eigenvalue weighted by Gasteiger charge is -2.20. The summed E-state index contributed by atoms with van der Waals surface area (Å²) in [4.78, 5) is 28.6. The number of para-hydroxylation sites is 2. The van der Waals surface area contributed by atoms with Crippen LogP contribution in [0.5, 0.6) is 0 Å². The van der Waals surface area contributed by atoms with Gasteiger partial charge in [-0.05, 0) is 35.1 Å². The highest BCUT2D eigenvalue weighted by Crippen LogP contribution is 2.29. The van der Waals surface area contributed by atoms with Crippen LogP contribution in [0.1, 0.15) is 50.7 Å². The lowest BCUT2D eigenvalue weighted by atomic mass is 9.92. The second-order valence-electron chi connectivity index (χ2n) is 6.71. The zero-order valence-electron chi connectivity index (χ0n) is 14.5. The van der Waals surface area contributed by atoms with E-state index in [-0.39, 0.29) is 17.4 Å². The molecule has 1 N–H and O–H groups in total. The molecule has 4 nitrogen and oxygen atoms in total. The van der Waals surface area contributed by atoms with Crippen LogP contribution in [-0.4, -0.2) is 9.55 Å². The van der Waals surface area contributed by atoms with E-state index in [1.165, 1.54) is 4.57 Å². The summed E-state index contributed by atoms with van der Waals surface area (Å²) in [7, 11) is 0. The molecule has 0 unspecified atom stereocenters. The Labute approximate surface area is 140 Å². The molecule has 3 aromatic rings. The fraction of sp³-hybridized carbons (Fsp3) is 0.300. The van der Waals surface area contributed by atoms with Crippen LogP contribution in [0.3, 0.4) is 0 Å². The van der Waals surface area contributed by atoms with E-state index in [9.17, 15) is 9.59 Å². The van der Waals surface area contributed by atoms with Gasteiger partial charge in [0.1, 0.15) is 0 Å². The number of fused-ring (bicyclic) bond motifs is 1. The lowest BCUT2D eigenvalue weighted by molar-refractivity contribution is 0.780. The van der Waals surface area contributed by atoms with Gasteiger partial charge in [-0.15, -0.1) is 0 Å². The summed E-state index contributed by atoms with van der Waals surface area (Å²) < 4.78 is 1.30. The molecule has 3 rings (SSSR count). The highest BCUT2D eigenvalue weighted by atomic mass is 16.2. The van der Waals surface area contributed by atoms with Crippen LogP contribution in [0.2, 0.25) is 0 Å². The van der Waals surface area contributed by atoms with Crippen LogP contribution < -0.4 is 11.2 Å². The van der Waals surface area contributed by atoms with Crippen molar-refractivity contribution in [3.8, 4) is 5.69 Å². The van der Waals surface area contributed by atoms with Crippen molar-refractivity contribution in [2.24, 2.45) is 0 Å². The van der Waals surface area contributed by atoms with E-state index in [1.54, 1.807) is 12.1 Å². The molecule has 0 spiro atoms. The van der Waals surface area contributed by atoms with Crippen molar-refractivity contribution in [3.63, 3.8) is 0 Å². The van der Waals surface area contributed by atoms with Gasteiger partial charge >= 0.3 is 5.69 Å². The van der Waals surface area contributed by atoms with Crippen LogP contribution in [0.15, 0.2) is 52.1 Å². The van der Waals surface area contributed by atoms with Crippen LogP contribution >= 0.6 is 0 Å². The summed E-state index contributed by atoms with van der Waals surface area (Å²) in [5.74, 6) is 0.410. The Morgan fingerprint density at radius 2 is 1.42 bits per heavy atom. The number of rotatable bonds is 3. The molecule has 0 saturated heterocycles. The molecule has 4 heteroatoms. The minimum absolute atomic E-state index is 0.205. The summed E-state index contributed by atoms with van der Waals surface area (Å²) in [5.41, 5.74) is 2.63. The van der Waals surface area contributed by atoms with Crippen LogP contribution in [0.25, 0.3) is 16.6 Å². The number of aromatic nitrogens is 2. The first kappa shape index (κ1) is 16.2. The van der Waals surface area contributed by atoms with Crippen molar-refractivity contribution in [3.05, 3.63) is 74.4 Å². The Kier molecular flexibility index (Phi) is 4.14. The second-order valence-corrected chi connectivity index (χ2v) is 6.71. The molecule has 0 aliphatic carbocycles. The minimum Gasteiger partial charge on any atom is -0.306 e. The predicted octanol–water partition coefficient (Wildman–Crippen LogP) is 3.93. The molecule has 0 bridgehead atoms. The number of hydrogen-bond acceptors (Lipinski definition) is 2. The van der Waals surface area contributed by atoms with E-state index in [1.807, 2.05) is 30.3 Å². The lowest BCUT2D eigenvalue weighted by Crippen LogP contribution is -2.35. The first-order chi connectivity index (χ1) is 11.4. The average Bonchev–Trinajstić information content (AvgIpc) is 2.54. The molecule has 0 amide bonds. The molecule has 1 aromatic heterocycles. The van der Waals surface area contributed by atoms with E-state index in [0.29, 0.717) is 10.9 Å². The molecule has 0 aliphatic rings. The Hall–Kier alpha value is -2.62. The third-order valence-electron chi connectivity index (χ3n) is 4.37. The SMILES string of the molecule is CC(C)c1cccc(C(C)C)c1-n1c(=O)[nH]c2ccccc2c1=O. The highest BCUT2D eigenvalue weighted by Gasteiger charge is 2.19. The Morgan fingerprint density at radius 3 is 2.00 bits per heavy atom. The molecule has 24 heavy (non-hydrogen) atoms. The van der Waals surface area contributed by atoms with E-state index >= 15 is 0 Å². The maximum Gasteiger partial charge on any atom is 0.333 e. The Balaban J connectivity index is 2.49. The van der Waals surface area contributed by atoms with Crippen molar-refractivity contribution in [1.29, 1.82) is 0 Å². The van der Waals surface area contributed by atoms with Gasteiger partial charge in [0.2, 0.25) is 0 Å². The molecule has 0 aliphatic heterocycles. The monoisotopic (exact) mass is 322 g/mol. The first-order valence-electron chi connectivity index (χ1n) is 8.29. The van der Waals surface area contributed by atoms with Crippen LogP contribution in [0.4, 0.5) is 0 Å². The highest BCUT2D eigenvalue weighted by molar-refractivity contribution is 5.77. The summed E-state index contributed by atoms with van der Waals surface area (Å²) in [6.07, 6.45) is 0. The number of H-pyrrole nitrogens is 1. The van der Waals surface area contributed by atoms with Crippen molar-refractivity contribution in [2.45, 2.75) is 39.5 Å². The maximum absolute atomic E-state index is 13.0. The van der Waals surface area contributed by atoms with Gasteiger partial charge in [0.25, 0.3) is 5.56 Å². The van der Waals surface area contributed by atoms with E-state index in [2.05, 4.69) is 32.7 Å². The molecule has 124 valence electrons. The molecule has 0 radical (unpaired) electrons. The normalized spacial score (nSPS) is 11.6. The van der Waals surface area contributed by atoms with E-state index in [0.717, 1.165) is 16.8 Å². The number of hydrogen-bond donors (Lipinski definition) is 1. The first-order valence-corrected chi connectivity index (χ1v) is 8.29. The molecule has 0 saturated carbocycles. The van der Waals surface area contributed by atoms with Crippen molar-refractivity contribution < 1.29 is 0 Å². The van der Waals surface area contributed by atoms with Gasteiger partial charge in [0.05, 0.1) is 16.6 Å². The molecular weight excluding hydrogens is 300 g/mol. The zero-order valence-corrected chi connectivity index (χ0v) is 14.5. The number of benzene rings is 2. The standard InChI is InChI=1S/C20H22N2O2/c1-12(2)14-9-7-10-15(13(3)4)18(14)22-19(23)16-8-5-6-11-17(16)21-20(22)24/h5-13H,1-4H3,(H,21,24). The molecule has 1 heterocycles. The molecule has 2 aromatic carbocycles. The van der Waals surface area contributed by atoms with Crippen LogP contribution in [-0.2, 0) is 0 Å². The summed E-state index contributed by atoms with van der Waals surface area (Å²) in [6.45, 7) is 8.29. The number of aromatic amines is 1. The van der Waals surface area contributed by atoms with Gasteiger partial charge in [-0.2, -0.15) is 0 Å². The molecule has 0 fully saturated rings. The molecule has 0 atom stereocenters. The van der Waals surface area contributed by atoms with Gasteiger partial charge < -0.3 is 4.98 Å². The fourth-order valence-corrected chi connectivity index (χ4v) is 3.14. The quantitative estimate of drug-likeness (QED) is 0.794. The predicted molar refractivity (Wildman–Crippen MR) is 98.3 cm³/mol. The Bertz CT molecular complexity index is 984. The third kappa shape index (κ3) is 2.58. The molecular formula is C20H22N2O2. The summed E-state index contributed by atoms with van der Waals surface area (Å²) in [6, 6.07) is 13.1. The smallest absolute Gasteiger partial charge is 0.306 e. The van der Waals surface area contributed by atoms with Crippen molar-refractivity contribution >= 4 is 10.9 Å². The van der Waals surface area contributed by atoms with E-state index in [4.69, 9.17) is 0 Å². The van der Waals surface area contributed by atoms with Crippen LogP contribution in [0, 0.1) is 0 Å². The van der Waals surface area contributed by atoms with Crippen molar-refractivity contribution in [1.82, 2.24) is 9.55 Å². The third-order valence-corrected chi connectivity index (χ3v) is 4.37. The fourth-order valence-electron chi connectivity index (χ4n) is 3.14. The van der Waals surface area contributed by atoms with Gasteiger partial charge in [0.15, 0.2) is 0 Å². The Morgan fingerprint density at radius 1 is 0.833 bits per heavy atom. The van der Waals surface area contributed by atoms with E-state index < -0.39 is 5.69 Å². The van der Waals surface area contributed by atoms with Gasteiger partial charge in [0, 0.05) is 0 Å². The zero-order chi connectivity index (χ0) is 17.4. The van der Waals surface area contributed by atoms with Gasteiger partial charge in [-0.25, -0.2) is 9.36 Å².